The quantitative estimate of drug-likeness (QED) is 0.833. The Balaban J connectivity index is 2.32. The molecule has 2 aromatic rings. The molecule has 0 aliphatic rings. The molecule has 1 N–H and O–H groups in total. The van der Waals surface area contributed by atoms with Crippen LogP contribution in [0.2, 0.25) is 5.02 Å². The average molecular weight is 354 g/mol. The lowest BCUT2D eigenvalue weighted by atomic mass is 10.2. The lowest BCUT2D eigenvalue weighted by Gasteiger charge is -2.10. The number of halogens is 1. The topological polar surface area (TPSA) is 72.5 Å². The van der Waals surface area contributed by atoms with E-state index in [0.29, 0.717) is 0 Å². The first-order valence-electron chi connectivity index (χ1n) is 6.89. The van der Waals surface area contributed by atoms with Crippen molar-refractivity contribution < 1.29 is 17.9 Å². The van der Waals surface area contributed by atoms with Gasteiger partial charge in [-0.05, 0) is 44.2 Å². The number of hydrogen-bond acceptors (Lipinski definition) is 4. The van der Waals surface area contributed by atoms with Crippen LogP contribution in [-0.4, -0.2) is 21.0 Å². The van der Waals surface area contributed by atoms with Crippen LogP contribution < -0.4 is 4.72 Å². The molecule has 0 aromatic heterocycles. The predicted octanol–water partition coefficient (Wildman–Crippen LogP) is 3.63. The number of nitrogens with one attached hydrogen (secondary N) is 1. The minimum Gasteiger partial charge on any atom is -0.462 e. The molecule has 122 valence electrons. The molecule has 0 radical (unpaired) electrons. The fourth-order valence-electron chi connectivity index (χ4n) is 1.91. The number of anilines is 1. The van der Waals surface area contributed by atoms with Crippen LogP contribution in [0.3, 0.4) is 0 Å². The first-order valence-corrected chi connectivity index (χ1v) is 8.75. The van der Waals surface area contributed by atoms with Crippen molar-refractivity contribution in [2.24, 2.45) is 0 Å². The van der Waals surface area contributed by atoms with Crippen molar-refractivity contribution in [1.82, 2.24) is 0 Å². The maximum absolute atomic E-state index is 12.4. The Labute approximate surface area is 140 Å². The maximum Gasteiger partial charge on any atom is 0.338 e. The van der Waals surface area contributed by atoms with Gasteiger partial charge in [0, 0.05) is 5.02 Å². The zero-order chi connectivity index (χ0) is 17.0. The van der Waals surface area contributed by atoms with E-state index < -0.39 is 16.0 Å². The molecule has 0 unspecified atom stereocenters. The van der Waals surface area contributed by atoms with Gasteiger partial charge in [-0.25, -0.2) is 13.2 Å². The number of esters is 1. The van der Waals surface area contributed by atoms with Gasteiger partial charge in [0.05, 0.1) is 22.8 Å². The highest BCUT2D eigenvalue weighted by Gasteiger charge is 2.16. The van der Waals surface area contributed by atoms with Gasteiger partial charge < -0.3 is 4.74 Å². The maximum atomic E-state index is 12.4. The average Bonchev–Trinajstić information content (AvgIpc) is 2.46. The molecule has 2 aromatic carbocycles. The standard InChI is InChI=1S/C16H16ClNO4S/c1-3-22-16(19)12-8-13(17)10-14(9-12)18-23(20,21)15-6-4-11(2)5-7-15/h4-10,18H,3H2,1-2H3. The number of rotatable bonds is 5. The number of sulfonamides is 1. The number of hydrogen-bond donors (Lipinski definition) is 1. The van der Waals surface area contributed by atoms with Crippen LogP contribution in [0.5, 0.6) is 0 Å². The molecule has 0 saturated carbocycles. The molecular formula is C16H16ClNO4S. The fourth-order valence-corrected chi connectivity index (χ4v) is 3.19. The largest absolute Gasteiger partial charge is 0.462 e. The molecule has 0 aliphatic carbocycles. The summed E-state index contributed by atoms with van der Waals surface area (Å²) >= 11 is 5.95. The highest BCUT2D eigenvalue weighted by Crippen LogP contribution is 2.23. The number of aryl methyl sites for hydroxylation is 1. The number of ether oxygens (including phenoxy) is 1. The normalized spacial score (nSPS) is 11.1. The van der Waals surface area contributed by atoms with Crippen LogP contribution in [-0.2, 0) is 14.8 Å². The summed E-state index contributed by atoms with van der Waals surface area (Å²) in [5.74, 6) is -0.564. The SMILES string of the molecule is CCOC(=O)c1cc(Cl)cc(NS(=O)(=O)c2ccc(C)cc2)c1. The van der Waals surface area contributed by atoms with E-state index in [0.717, 1.165) is 5.56 Å². The van der Waals surface area contributed by atoms with Crippen LogP contribution >= 0.6 is 11.6 Å². The molecule has 2 rings (SSSR count). The predicted molar refractivity (Wildman–Crippen MR) is 89.4 cm³/mol. The molecule has 0 saturated heterocycles. The molecule has 0 fully saturated rings. The molecule has 7 heteroatoms. The molecule has 0 heterocycles. The van der Waals surface area contributed by atoms with Crippen molar-refractivity contribution in [2.45, 2.75) is 18.7 Å². The van der Waals surface area contributed by atoms with E-state index >= 15 is 0 Å². The molecular weight excluding hydrogens is 338 g/mol. The van der Waals surface area contributed by atoms with Crippen LogP contribution in [0.4, 0.5) is 5.69 Å². The summed E-state index contributed by atoms with van der Waals surface area (Å²) < 4.78 is 32.0. The van der Waals surface area contributed by atoms with Crippen LogP contribution in [0.25, 0.3) is 0 Å². The van der Waals surface area contributed by atoms with Crippen molar-refractivity contribution in [3.05, 3.63) is 58.6 Å². The highest BCUT2D eigenvalue weighted by molar-refractivity contribution is 7.92. The van der Waals surface area contributed by atoms with E-state index in [1.165, 1.54) is 30.3 Å². The first-order chi connectivity index (χ1) is 10.8. The van der Waals surface area contributed by atoms with Gasteiger partial charge in [0.15, 0.2) is 0 Å². The van der Waals surface area contributed by atoms with E-state index in [9.17, 15) is 13.2 Å². The van der Waals surface area contributed by atoms with E-state index in [1.807, 2.05) is 6.92 Å². The Bertz CT molecular complexity index is 816. The van der Waals surface area contributed by atoms with Crippen LogP contribution in [0, 0.1) is 6.92 Å². The number of benzene rings is 2. The second kappa shape index (κ2) is 7.02. The highest BCUT2D eigenvalue weighted by atomic mass is 35.5. The molecule has 5 nitrogen and oxygen atoms in total. The van der Waals surface area contributed by atoms with Gasteiger partial charge in [-0.3, -0.25) is 4.72 Å². The lowest BCUT2D eigenvalue weighted by molar-refractivity contribution is 0.0526. The van der Waals surface area contributed by atoms with E-state index in [2.05, 4.69) is 4.72 Å². The summed E-state index contributed by atoms with van der Waals surface area (Å²) in [5.41, 5.74) is 1.33. The second-order valence-corrected chi connectivity index (χ2v) is 6.99. The number of carbonyl (C=O) groups is 1. The summed E-state index contributed by atoms with van der Waals surface area (Å²) in [4.78, 5) is 11.9. The Hall–Kier alpha value is -2.05. The van der Waals surface area contributed by atoms with Crippen molar-refractivity contribution >= 4 is 33.3 Å². The minimum atomic E-state index is -3.76. The van der Waals surface area contributed by atoms with Crippen molar-refractivity contribution in [2.75, 3.05) is 11.3 Å². The zero-order valence-electron chi connectivity index (χ0n) is 12.7. The molecule has 0 atom stereocenters. The van der Waals surface area contributed by atoms with E-state index in [4.69, 9.17) is 16.3 Å². The Kier molecular flexibility index (Phi) is 5.28. The third-order valence-corrected chi connectivity index (χ3v) is 4.61. The third kappa shape index (κ3) is 4.46. The molecule has 23 heavy (non-hydrogen) atoms. The van der Waals surface area contributed by atoms with Gasteiger partial charge in [0.2, 0.25) is 0 Å². The Morgan fingerprint density at radius 2 is 1.83 bits per heavy atom. The Morgan fingerprint density at radius 1 is 1.17 bits per heavy atom. The van der Waals surface area contributed by atoms with Crippen molar-refractivity contribution in [1.29, 1.82) is 0 Å². The summed E-state index contributed by atoms with van der Waals surface area (Å²) in [5, 5.41) is 0.233. The van der Waals surface area contributed by atoms with E-state index in [1.54, 1.807) is 19.1 Å². The first kappa shape index (κ1) is 17.3. The number of carbonyl (C=O) groups excluding carboxylic acids is 1. The summed E-state index contributed by atoms with van der Waals surface area (Å²) in [6, 6.07) is 10.7. The van der Waals surface area contributed by atoms with Crippen molar-refractivity contribution in [3.8, 4) is 0 Å². The second-order valence-electron chi connectivity index (χ2n) is 4.87. The van der Waals surface area contributed by atoms with Gasteiger partial charge in [-0.2, -0.15) is 0 Å². The zero-order valence-corrected chi connectivity index (χ0v) is 14.2. The van der Waals surface area contributed by atoms with Crippen molar-refractivity contribution in [3.63, 3.8) is 0 Å². The third-order valence-electron chi connectivity index (χ3n) is 2.99. The molecule has 0 amide bonds. The van der Waals surface area contributed by atoms with Crippen LogP contribution in [0.15, 0.2) is 47.4 Å². The van der Waals surface area contributed by atoms with Gasteiger partial charge >= 0.3 is 5.97 Å². The molecule has 0 spiro atoms. The van der Waals surface area contributed by atoms with Gasteiger partial charge in [-0.1, -0.05) is 29.3 Å². The van der Waals surface area contributed by atoms with Crippen LogP contribution in [0.1, 0.15) is 22.8 Å². The van der Waals surface area contributed by atoms with E-state index in [-0.39, 0.29) is 27.8 Å². The summed E-state index contributed by atoms with van der Waals surface area (Å²) in [6.07, 6.45) is 0. The van der Waals surface area contributed by atoms with Gasteiger partial charge in [0.25, 0.3) is 10.0 Å². The van der Waals surface area contributed by atoms with Gasteiger partial charge in [-0.15, -0.1) is 0 Å². The smallest absolute Gasteiger partial charge is 0.338 e. The monoisotopic (exact) mass is 353 g/mol. The minimum absolute atomic E-state index is 0.126. The lowest BCUT2D eigenvalue weighted by Crippen LogP contribution is -2.14. The molecule has 0 aliphatic heterocycles. The Morgan fingerprint density at radius 3 is 2.43 bits per heavy atom. The summed E-state index contributed by atoms with van der Waals surface area (Å²) in [6.45, 7) is 3.77. The molecule has 0 bridgehead atoms. The van der Waals surface area contributed by atoms with Gasteiger partial charge in [0.1, 0.15) is 0 Å². The summed E-state index contributed by atoms with van der Waals surface area (Å²) in [7, 11) is -3.76. The fraction of sp³-hybridized carbons (Fsp3) is 0.188.